The molecule has 0 radical (unpaired) electrons. The van der Waals surface area contributed by atoms with Gasteiger partial charge in [0.15, 0.2) is 0 Å². The van der Waals surface area contributed by atoms with Crippen LogP contribution in [-0.4, -0.2) is 6.10 Å². The molecule has 3 aliphatic rings. The Morgan fingerprint density at radius 1 is 0.600 bits per heavy atom. The van der Waals surface area contributed by atoms with E-state index in [2.05, 4.69) is 181 Å². The maximum atomic E-state index is 6.54. The first kappa shape index (κ1) is 31.7. The van der Waals surface area contributed by atoms with E-state index in [1.165, 1.54) is 66.6 Å². The van der Waals surface area contributed by atoms with E-state index in [-0.39, 0.29) is 12.0 Å². The topological polar surface area (TPSA) is 34.4 Å². The van der Waals surface area contributed by atoms with Crippen LogP contribution in [0.5, 0.6) is 5.75 Å². The van der Waals surface area contributed by atoms with Crippen LogP contribution in [-0.2, 0) is 0 Å². The highest BCUT2D eigenvalue weighted by Gasteiger charge is 2.35. The number of ether oxygens (including phenoxy) is 1. The zero-order valence-electron chi connectivity index (χ0n) is 30.2. The fourth-order valence-electron chi connectivity index (χ4n) is 8.88. The van der Waals surface area contributed by atoms with Crippen LogP contribution in [0.25, 0.3) is 72.5 Å². The Morgan fingerprint density at radius 3 is 2.27 bits per heavy atom. The van der Waals surface area contributed by atoms with Gasteiger partial charge in [-0.2, -0.15) is 0 Å². The summed E-state index contributed by atoms with van der Waals surface area (Å²) in [7, 11) is 0. The van der Waals surface area contributed by atoms with Crippen molar-refractivity contribution in [3.05, 3.63) is 198 Å². The molecule has 0 spiro atoms. The third-order valence-electron chi connectivity index (χ3n) is 11.5. The highest BCUT2D eigenvalue weighted by molar-refractivity contribution is 5.98. The first-order valence-corrected chi connectivity index (χ1v) is 19.2. The van der Waals surface area contributed by atoms with Crippen LogP contribution in [0.4, 0.5) is 5.69 Å². The number of fused-ring (bicyclic) bond motifs is 7. The number of benzene rings is 7. The number of hydrogen-bond acceptors (Lipinski definition) is 3. The maximum Gasteiger partial charge on any atom is 0.136 e. The van der Waals surface area contributed by atoms with Crippen LogP contribution in [0, 0.1) is 0 Å². The van der Waals surface area contributed by atoms with E-state index in [1.54, 1.807) is 0 Å². The number of nitrogens with one attached hydrogen (secondary N) is 1. The summed E-state index contributed by atoms with van der Waals surface area (Å²) in [5.41, 5.74) is 15.0. The second-order valence-electron chi connectivity index (χ2n) is 14.7. The lowest BCUT2D eigenvalue weighted by molar-refractivity contribution is 0.258. The molecule has 1 aromatic heterocycles. The molecule has 2 heterocycles. The Bertz CT molecular complexity index is 2980. The zero-order chi connectivity index (χ0) is 36.3. The first-order valence-electron chi connectivity index (χ1n) is 19.2. The van der Waals surface area contributed by atoms with Gasteiger partial charge < -0.3 is 14.5 Å². The molecule has 2 atom stereocenters. The molecule has 2 unspecified atom stereocenters. The van der Waals surface area contributed by atoms with Crippen LogP contribution in [0.3, 0.4) is 0 Å². The van der Waals surface area contributed by atoms with E-state index in [1.807, 2.05) is 6.07 Å². The minimum Gasteiger partial charge on any atom is -0.484 e. The minimum atomic E-state index is -0.00404. The molecule has 8 aromatic rings. The molecule has 0 amide bonds. The van der Waals surface area contributed by atoms with Gasteiger partial charge in [0.05, 0.1) is 0 Å². The molecule has 2 aliphatic carbocycles. The average molecular weight is 708 g/mol. The van der Waals surface area contributed by atoms with Crippen molar-refractivity contribution >= 4 is 44.8 Å². The summed E-state index contributed by atoms with van der Waals surface area (Å²) in [5.74, 6) is 1.13. The van der Waals surface area contributed by atoms with E-state index in [0.29, 0.717) is 0 Å². The molecule has 262 valence electrons. The molecular formula is C52H37NO2. The maximum absolute atomic E-state index is 6.54. The summed E-state index contributed by atoms with van der Waals surface area (Å²) in [5, 5.41) is 8.67. The van der Waals surface area contributed by atoms with Gasteiger partial charge in [-0.15, -0.1) is 0 Å². The minimum absolute atomic E-state index is 0.00404. The van der Waals surface area contributed by atoms with Crippen molar-refractivity contribution in [2.24, 2.45) is 0 Å². The molecule has 7 aromatic carbocycles. The Morgan fingerprint density at radius 2 is 1.35 bits per heavy atom. The fourth-order valence-corrected chi connectivity index (χ4v) is 8.88. The van der Waals surface area contributed by atoms with Crippen molar-refractivity contribution in [1.82, 2.24) is 0 Å². The van der Waals surface area contributed by atoms with Crippen molar-refractivity contribution in [3.8, 4) is 39.1 Å². The first-order chi connectivity index (χ1) is 27.2. The molecule has 0 fully saturated rings. The average Bonchev–Trinajstić information content (AvgIpc) is 3.83. The Balaban J connectivity index is 0.916. The third kappa shape index (κ3) is 5.42. The van der Waals surface area contributed by atoms with E-state index in [4.69, 9.17) is 9.15 Å². The number of para-hydroxylation sites is 1. The summed E-state index contributed by atoms with van der Waals surface area (Å²) in [4.78, 5) is 0. The zero-order valence-corrected chi connectivity index (χ0v) is 30.2. The van der Waals surface area contributed by atoms with Crippen molar-refractivity contribution < 1.29 is 9.15 Å². The van der Waals surface area contributed by atoms with Crippen LogP contribution in [0.1, 0.15) is 29.9 Å². The predicted molar refractivity (Wildman–Crippen MR) is 227 cm³/mol. The summed E-state index contributed by atoms with van der Waals surface area (Å²) in [6.07, 6.45) is 10.7. The quantitative estimate of drug-likeness (QED) is 0.187. The predicted octanol–water partition coefficient (Wildman–Crippen LogP) is 11.9. The number of anilines is 1. The summed E-state index contributed by atoms with van der Waals surface area (Å²) in [6.45, 7) is 0. The highest BCUT2D eigenvalue weighted by atomic mass is 16.5. The lowest BCUT2D eigenvalue weighted by Gasteiger charge is -2.25. The lowest BCUT2D eigenvalue weighted by atomic mass is 9.84. The molecule has 1 aliphatic heterocycles. The number of allylic oxidation sites excluding steroid dienone is 2. The van der Waals surface area contributed by atoms with Gasteiger partial charge in [0.25, 0.3) is 0 Å². The Hall–Kier alpha value is -6.84. The van der Waals surface area contributed by atoms with E-state index < -0.39 is 0 Å². The Labute approximate surface area is 319 Å². The number of furan rings is 1. The summed E-state index contributed by atoms with van der Waals surface area (Å²) in [6, 6.07) is 56.7. The van der Waals surface area contributed by atoms with Crippen LogP contribution in [0.15, 0.2) is 180 Å². The second-order valence-corrected chi connectivity index (χ2v) is 14.7. The lowest BCUT2D eigenvalue weighted by Crippen LogP contribution is -2.29. The van der Waals surface area contributed by atoms with Gasteiger partial charge >= 0.3 is 0 Å². The number of hydrogen-bond donors (Lipinski definition) is 1. The smallest absolute Gasteiger partial charge is 0.136 e. The molecule has 3 heteroatoms. The van der Waals surface area contributed by atoms with E-state index in [9.17, 15) is 0 Å². The molecule has 55 heavy (non-hydrogen) atoms. The van der Waals surface area contributed by atoms with E-state index in [0.717, 1.165) is 45.9 Å². The fraction of sp³-hybridized carbons (Fsp3) is 0.0769. The second kappa shape index (κ2) is 12.9. The van der Waals surface area contributed by atoms with Gasteiger partial charge in [0.2, 0.25) is 0 Å². The van der Waals surface area contributed by atoms with Gasteiger partial charge in [-0.05, 0) is 99.0 Å². The Kier molecular flexibility index (Phi) is 7.44. The van der Waals surface area contributed by atoms with Crippen molar-refractivity contribution in [2.45, 2.75) is 24.9 Å². The molecule has 0 saturated carbocycles. The van der Waals surface area contributed by atoms with Gasteiger partial charge in [-0.3, -0.25) is 0 Å². The largest absolute Gasteiger partial charge is 0.484 e. The normalized spacial score (nSPS) is 16.9. The van der Waals surface area contributed by atoms with Crippen molar-refractivity contribution in [3.63, 3.8) is 0 Å². The monoisotopic (exact) mass is 707 g/mol. The highest BCUT2D eigenvalue weighted by Crippen LogP contribution is 2.45. The van der Waals surface area contributed by atoms with Crippen molar-refractivity contribution in [1.29, 1.82) is 0 Å². The molecule has 3 nitrogen and oxygen atoms in total. The number of rotatable bonds is 6. The van der Waals surface area contributed by atoms with Gasteiger partial charge in [0, 0.05) is 39.0 Å². The van der Waals surface area contributed by atoms with Gasteiger partial charge in [-0.1, -0.05) is 146 Å². The molecule has 0 saturated heterocycles. The molecular weight excluding hydrogens is 671 g/mol. The van der Waals surface area contributed by atoms with Crippen molar-refractivity contribution in [2.75, 3.05) is 5.32 Å². The van der Waals surface area contributed by atoms with Gasteiger partial charge in [0.1, 0.15) is 22.9 Å². The summed E-state index contributed by atoms with van der Waals surface area (Å²) >= 11 is 0. The third-order valence-corrected chi connectivity index (χ3v) is 11.5. The van der Waals surface area contributed by atoms with Crippen LogP contribution in [0.2, 0.25) is 0 Å². The van der Waals surface area contributed by atoms with E-state index >= 15 is 0 Å². The summed E-state index contributed by atoms with van der Waals surface area (Å²) < 4.78 is 13.0. The van der Waals surface area contributed by atoms with Crippen LogP contribution >= 0.6 is 0 Å². The standard InChI is InChI=1S/C52H37NO2/c1-2-14-40-34(10-1)11-6-16-41(40)35-26-24-33(25-27-35)37-12-5-13-38(32-37)42-17-8-22-48-50(42)51-46(20-9-23-49(51)54-48)53-39-30-28-36(29-31-39)43-18-7-19-45-44-15-3-4-21-47(44)55-52(43)45/h1-8,10-19,21-32,43,52-53H,9,20H2. The molecule has 1 N–H and O–H groups in total. The SMILES string of the molecule is C1=CC(c2ccc(NC3=c4c(oc5cccc(-c6cccc(-c7ccc(-c8cccc9ccccc89)cc7)c6)c45)=CCC3)cc2)C2Oc3ccccc3C2=C1. The molecule has 0 bridgehead atoms. The molecule has 11 rings (SSSR count). The van der Waals surface area contributed by atoms with Crippen LogP contribution < -0.4 is 20.7 Å². The van der Waals surface area contributed by atoms with Gasteiger partial charge in [-0.25, -0.2) is 0 Å².